The molecule has 0 radical (unpaired) electrons. The topological polar surface area (TPSA) is 36.4 Å². The lowest BCUT2D eigenvalue weighted by Crippen LogP contribution is -2.38. The zero-order chi connectivity index (χ0) is 16.2. The minimum absolute atomic E-state index is 0.126. The van der Waals surface area contributed by atoms with Gasteiger partial charge in [-0.2, -0.15) is 0 Å². The van der Waals surface area contributed by atoms with E-state index in [0.29, 0.717) is 0 Å². The second-order valence-corrected chi connectivity index (χ2v) is 7.24. The Kier molecular flexibility index (Phi) is 5.08. The van der Waals surface area contributed by atoms with Gasteiger partial charge in [0.15, 0.2) is 0 Å². The van der Waals surface area contributed by atoms with Gasteiger partial charge in [0.05, 0.1) is 6.04 Å². The highest BCUT2D eigenvalue weighted by Gasteiger charge is 2.30. The van der Waals surface area contributed by atoms with E-state index in [0.717, 1.165) is 42.9 Å². The summed E-state index contributed by atoms with van der Waals surface area (Å²) in [5, 5.41) is 3.05. The first-order valence-electron chi connectivity index (χ1n) is 8.09. The molecule has 3 rings (SSSR count). The number of rotatable bonds is 4. The van der Waals surface area contributed by atoms with Crippen LogP contribution in [0.15, 0.2) is 35.8 Å². The van der Waals surface area contributed by atoms with Gasteiger partial charge in [0, 0.05) is 30.2 Å². The summed E-state index contributed by atoms with van der Waals surface area (Å²) in [5.74, 6) is 0.126. The monoisotopic (exact) mass is 329 g/mol. The summed E-state index contributed by atoms with van der Waals surface area (Å²) in [6, 6.07) is 8.15. The molecule has 23 heavy (non-hydrogen) atoms. The molecule has 5 heteroatoms. The molecule has 1 fully saturated rings. The number of hydrogen-bond acceptors (Lipinski definition) is 4. The molecule has 1 amide bonds. The van der Waals surface area contributed by atoms with Gasteiger partial charge in [0.25, 0.3) is 5.91 Å². The molecule has 4 nitrogen and oxygen atoms in total. The van der Waals surface area contributed by atoms with Gasteiger partial charge in [0.2, 0.25) is 0 Å². The SMILES string of the molecule is CN(C)Cc1ccc(C(=O)N2CCCC[C@@H]2c2nccs2)cc1. The standard InChI is InChI=1S/C18H23N3OS/c1-20(2)13-14-6-8-15(9-7-14)18(22)21-11-4-3-5-16(21)17-19-10-12-23-17/h6-10,12,16H,3-5,11,13H2,1-2H3/t16-/m1/s1. The third kappa shape index (κ3) is 3.79. The van der Waals surface area contributed by atoms with Crippen LogP contribution in [0.2, 0.25) is 0 Å². The summed E-state index contributed by atoms with van der Waals surface area (Å²) < 4.78 is 0. The van der Waals surface area contributed by atoms with E-state index in [-0.39, 0.29) is 11.9 Å². The van der Waals surface area contributed by atoms with Crippen molar-refractivity contribution in [3.05, 3.63) is 52.0 Å². The van der Waals surface area contributed by atoms with E-state index in [2.05, 4.69) is 22.0 Å². The fourth-order valence-electron chi connectivity index (χ4n) is 3.11. The van der Waals surface area contributed by atoms with Gasteiger partial charge in [-0.15, -0.1) is 11.3 Å². The van der Waals surface area contributed by atoms with Crippen LogP contribution in [-0.2, 0) is 6.54 Å². The average molecular weight is 329 g/mol. The lowest BCUT2D eigenvalue weighted by Gasteiger charge is -2.34. The average Bonchev–Trinajstić information content (AvgIpc) is 3.09. The minimum atomic E-state index is 0.126. The van der Waals surface area contributed by atoms with Crippen molar-refractivity contribution in [3.63, 3.8) is 0 Å². The largest absolute Gasteiger partial charge is 0.329 e. The molecule has 0 unspecified atom stereocenters. The van der Waals surface area contributed by atoms with Crippen LogP contribution in [0, 0.1) is 0 Å². The van der Waals surface area contributed by atoms with E-state index in [4.69, 9.17) is 0 Å². The van der Waals surface area contributed by atoms with Gasteiger partial charge in [-0.3, -0.25) is 4.79 Å². The van der Waals surface area contributed by atoms with Crippen LogP contribution in [0.3, 0.4) is 0 Å². The van der Waals surface area contributed by atoms with Crippen LogP contribution >= 0.6 is 11.3 Å². The Morgan fingerprint density at radius 1 is 1.30 bits per heavy atom. The zero-order valence-corrected chi connectivity index (χ0v) is 14.6. The zero-order valence-electron chi connectivity index (χ0n) is 13.7. The summed E-state index contributed by atoms with van der Waals surface area (Å²) in [7, 11) is 4.09. The van der Waals surface area contributed by atoms with Gasteiger partial charge in [-0.25, -0.2) is 4.98 Å². The molecule has 0 N–H and O–H groups in total. The molecule has 0 saturated carbocycles. The lowest BCUT2D eigenvalue weighted by atomic mass is 10.0. The molecular weight excluding hydrogens is 306 g/mol. The molecule has 0 aliphatic carbocycles. The number of nitrogens with zero attached hydrogens (tertiary/aromatic N) is 3. The Hall–Kier alpha value is -1.72. The molecule has 122 valence electrons. The maximum Gasteiger partial charge on any atom is 0.254 e. The van der Waals surface area contributed by atoms with Crippen molar-refractivity contribution in [2.45, 2.75) is 31.8 Å². The molecule has 1 atom stereocenters. The van der Waals surface area contributed by atoms with Gasteiger partial charge in [-0.1, -0.05) is 12.1 Å². The Balaban J connectivity index is 1.77. The van der Waals surface area contributed by atoms with E-state index in [1.54, 1.807) is 11.3 Å². The van der Waals surface area contributed by atoms with Crippen LogP contribution in [0.1, 0.15) is 46.2 Å². The predicted molar refractivity (Wildman–Crippen MR) is 93.6 cm³/mol. The summed E-state index contributed by atoms with van der Waals surface area (Å²) in [6.45, 7) is 1.71. The molecule has 1 aliphatic heterocycles. The summed E-state index contributed by atoms with van der Waals surface area (Å²) in [5.41, 5.74) is 2.00. The van der Waals surface area contributed by atoms with Crippen molar-refractivity contribution in [3.8, 4) is 0 Å². The van der Waals surface area contributed by atoms with E-state index in [1.807, 2.05) is 42.7 Å². The minimum Gasteiger partial charge on any atom is -0.329 e. The Morgan fingerprint density at radius 2 is 2.09 bits per heavy atom. The predicted octanol–water partition coefficient (Wildman–Crippen LogP) is 3.57. The molecule has 0 spiro atoms. The fourth-order valence-corrected chi connectivity index (χ4v) is 3.90. The highest BCUT2D eigenvalue weighted by atomic mass is 32.1. The van der Waals surface area contributed by atoms with Crippen LogP contribution in [0.25, 0.3) is 0 Å². The first-order chi connectivity index (χ1) is 11.1. The van der Waals surface area contributed by atoms with Crippen LogP contribution in [0.4, 0.5) is 0 Å². The third-order valence-electron chi connectivity index (χ3n) is 4.20. The van der Waals surface area contributed by atoms with E-state index < -0.39 is 0 Å². The smallest absolute Gasteiger partial charge is 0.254 e. The number of likely N-dealkylation sites (tertiary alicyclic amines) is 1. The Morgan fingerprint density at radius 3 is 2.74 bits per heavy atom. The summed E-state index contributed by atoms with van der Waals surface area (Å²) in [4.78, 5) is 21.5. The van der Waals surface area contributed by atoms with Crippen molar-refractivity contribution in [2.24, 2.45) is 0 Å². The maximum atomic E-state index is 12.9. The van der Waals surface area contributed by atoms with Crippen molar-refractivity contribution < 1.29 is 4.79 Å². The van der Waals surface area contributed by atoms with Crippen LogP contribution in [0.5, 0.6) is 0 Å². The van der Waals surface area contributed by atoms with Crippen LogP contribution < -0.4 is 0 Å². The van der Waals surface area contributed by atoms with E-state index in [1.165, 1.54) is 5.56 Å². The molecule has 1 aromatic carbocycles. The highest BCUT2D eigenvalue weighted by molar-refractivity contribution is 7.09. The molecule has 0 bridgehead atoms. The number of amides is 1. The number of thiazole rings is 1. The normalized spacial score (nSPS) is 18.4. The van der Waals surface area contributed by atoms with Crippen molar-refractivity contribution in [2.75, 3.05) is 20.6 Å². The van der Waals surface area contributed by atoms with E-state index >= 15 is 0 Å². The Bertz CT molecular complexity index is 637. The van der Waals surface area contributed by atoms with Gasteiger partial charge in [0.1, 0.15) is 5.01 Å². The second-order valence-electron chi connectivity index (χ2n) is 6.32. The maximum absolute atomic E-state index is 12.9. The quantitative estimate of drug-likeness (QED) is 0.860. The first kappa shape index (κ1) is 16.1. The van der Waals surface area contributed by atoms with Gasteiger partial charge < -0.3 is 9.80 Å². The molecular formula is C18H23N3OS. The second kappa shape index (κ2) is 7.23. The number of piperidine rings is 1. The fraction of sp³-hybridized carbons (Fsp3) is 0.444. The Labute approximate surface area is 141 Å². The number of aromatic nitrogens is 1. The number of carbonyl (C=O) groups excluding carboxylic acids is 1. The molecule has 1 saturated heterocycles. The molecule has 2 heterocycles. The van der Waals surface area contributed by atoms with Crippen LogP contribution in [-0.4, -0.2) is 41.3 Å². The summed E-state index contributed by atoms with van der Waals surface area (Å²) in [6.07, 6.45) is 5.08. The molecule has 1 aliphatic rings. The van der Waals surface area contributed by atoms with Crippen molar-refractivity contribution in [1.82, 2.24) is 14.8 Å². The number of hydrogen-bond donors (Lipinski definition) is 0. The van der Waals surface area contributed by atoms with Crippen molar-refractivity contribution in [1.29, 1.82) is 0 Å². The molecule has 2 aromatic rings. The molecule has 1 aromatic heterocycles. The highest BCUT2D eigenvalue weighted by Crippen LogP contribution is 2.33. The van der Waals surface area contributed by atoms with Gasteiger partial charge in [-0.05, 0) is 51.1 Å². The summed E-state index contributed by atoms with van der Waals surface area (Å²) >= 11 is 1.64. The van der Waals surface area contributed by atoms with Crippen molar-refractivity contribution >= 4 is 17.2 Å². The van der Waals surface area contributed by atoms with Gasteiger partial charge >= 0.3 is 0 Å². The first-order valence-corrected chi connectivity index (χ1v) is 8.97. The number of carbonyl (C=O) groups is 1. The lowest BCUT2D eigenvalue weighted by molar-refractivity contribution is 0.0611. The third-order valence-corrected chi connectivity index (χ3v) is 5.08. The van der Waals surface area contributed by atoms with E-state index in [9.17, 15) is 4.79 Å². The number of benzene rings is 1.